The van der Waals surface area contributed by atoms with Gasteiger partial charge in [0.15, 0.2) is 0 Å². The van der Waals surface area contributed by atoms with Crippen LogP contribution in [0.1, 0.15) is 51.6 Å². The van der Waals surface area contributed by atoms with Gasteiger partial charge < -0.3 is 10.5 Å². The Hall–Kier alpha value is -1.02. The van der Waals surface area contributed by atoms with Crippen LogP contribution in [0.4, 0.5) is 0 Å². The standard InChI is InChI=1S/C17H27NO/c1-4-19-16-7-5-6-14(11-16)17(18)15-9-12(2)8-13(3)10-15/h5-7,11-13,15,17H,4,8-10,18H2,1-3H3. The van der Waals surface area contributed by atoms with E-state index in [9.17, 15) is 0 Å². The molecule has 1 fully saturated rings. The molecule has 2 rings (SSSR count). The lowest BCUT2D eigenvalue weighted by atomic mass is 9.72. The van der Waals surface area contributed by atoms with Crippen LogP contribution in [0.2, 0.25) is 0 Å². The zero-order valence-corrected chi connectivity index (χ0v) is 12.4. The topological polar surface area (TPSA) is 35.2 Å². The summed E-state index contributed by atoms with van der Waals surface area (Å²) in [6, 6.07) is 8.45. The van der Waals surface area contributed by atoms with Crippen molar-refractivity contribution in [2.24, 2.45) is 23.5 Å². The number of hydrogen-bond donors (Lipinski definition) is 1. The quantitative estimate of drug-likeness (QED) is 0.883. The van der Waals surface area contributed by atoms with Crippen LogP contribution in [-0.4, -0.2) is 6.61 Å². The molecule has 19 heavy (non-hydrogen) atoms. The first kappa shape index (κ1) is 14.4. The maximum absolute atomic E-state index is 6.50. The minimum Gasteiger partial charge on any atom is -0.494 e. The lowest BCUT2D eigenvalue weighted by molar-refractivity contribution is 0.193. The Morgan fingerprint density at radius 3 is 2.53 bits per heavy atom. The van der Waals surface area contributed by atoms with Gasteiger partial charge in [0.2, 0.25) is 0 Å². The van der Waals surface area contributed by atoms with Crippen molar-refractivity contribution in [1.82, 2.24) is 0 Å². The van der Waals surface area contributed by atoms with E-state index >= 15 is 0 Å². The van der Waals surface area contributed by atoms with Crippen molar-refractivity contribution in [3.8, 4) is 5.75 Å². The SMILES string of the molecule is CCOc1cccc(C(N)C2CC(C)CC(C)C2)c1. The van der Waals surface area contributed by atoms with E-state index in [0.29, 0.717) is 12.5 Å². The van der Waals surface area contributed by atoms with Gasteiger partial charge in [-0.15, -0.1) is 0 Å². The molecule has 0 heterocycles. The molecule has 2 nitrogen and oxygen atoms in total. The average Bonchev–Trinajstić information content (AvgIpc) is 2.37. The van der Waals surface area contributed by atoms with Gasteiger partial charge in [0.1, 0.15) is 5.75 Å². The first-order valence-corrected chi connectivity index (χ1v) is 7.58. The van der Waals surface area contributed by atoms with Gasteiger partial charge in [-0.05, 0) is 61.6 Å². The van der Waals surface area contributed by atoms with E-state index in [4.69, 9.17) is 10.5 Å². The molecule has 3 atom stereocenters. The smallest absolute Gasteiger partial charge is 0.119 e. The highest BCUT2D eigenvalue weighted by Crippen LogP contribution is 2.39. The number of benzene rings is 1. The summed E-state index contributed by atoms with van der Waals surface area (Å²) in [6.45, 7) is 7.42. The Morgan fingerprint density at radius 2 is 1.89 bits per heavy atom. The van der Waals surface area contributed by atoms with Crippen LogP contribution in [0.25, 0.3) is 0 Å². The molecule has 2 N–H and O–H groups in total. The van der Waals surface area contributed by atoms with Gasteiger partial charge in [-0.2, -0.15) is 0 Å². The summed E-state index contributed by atoms with van der Waals surface area (Å²) in [7, 11) is 0. The molecule has 0 bridgehead atoms. The van der Waals surface area contributed by atoms with Crippen molar-refractivity contribution in [3.05, 3.63) is 29.8 Å². The number of rotatable bonds is 4. The number of nitrogens with two attached hydrogens (primary N) is 1. The second-order valence-corrected chi connectivity index (χ2v) is 6.21. The molecule has 0 saturated heterocycles. The highest BCUT2D eigenvalue weighted by molar-refractivity contribution is 5.30. The zero-order valence-electron chi connectivity index (χ0n) is 12.4. The van der Waals surface area contributed by atoms with Gasteiger partial charge in [0.25, 0.3) is 0 Å². The third kappa shape index (κ3) is 3.73. The molecular formula is C17H27NO. The first-order valence-electron chi connectivity index (χ1n) is 7.58. The maximum Gasteiger partial charge on any atom is 0.119 e. The molecule has 0 amide bonds. The second kappa shape index (κ2) is 6.42. The molecule has 0 radical (unpaired) electrons. The van der Waals surface area contributed by atoms with Gasteiger partial charge in [-0.25, -0.2) is 0 Å². The number of hydrogen-bond acceptors (Lipinski definition) is 2. The van der Waals surface area contributed by atoms with Crippen molar-refractivity contribution in [1.29, 1.82) is 0 Å². The third-order valence-electron chi connectivity index (χ3n) is 4.28. The van der Waals surface area contributed by atoms with E-state index in [2.05, 4.69) is 32.0 Å². The monoisotopic (exact) mass is 261 g/mol. The van der Waals surface area contributed by atoms with Crippen LogP contribution in [0, 0.1) is 17.8 Å². The summed E-state index contributed by atoms with van der Waals surface area (Å²) in [4.78, 5) is 0. The van der Waals surface area contributed by atoms with E-state index in [1.54, 1.807) is 0 Å². The third-order valence-corrected chi connectivity index (χ3v) is 4.28. The van der Waals surface area contributed by atoms with Gasteiger partial charge in [0.05, 0.1) is 6.61 Å². The minimum atomic E-state index is 0.144. The van der Waals surface area contributed by atoms with Gasteiger partial charge in [-0.3, -0.25) is 0 Å². The Labute approximate surface area is 117 Å². The predicted octanol–water partition coefficient (Wildman–Crippen LogP) is 4.16. The lowest BCUT2D eigenvalue weighted by Gasteiger charge is -2.35. The predicted molar refractivity (Wildman–Crippen MR) is 80.2 cm³/mol. The van der Waals surface area contributed by atoms with Crippen molar-refractivity contribution < 1.29 is 4.74 Å². The molecule has 1 aliphatic carbocycles. The first-order chi connectivity index (χ1) is 9.10. The number of ether oxygens (including phenoxy) is 1. The summed E-state index contributed by atoms with van der Waals surface area (Å²) in [5.74, 6) is 3.15. The van der Waals surface area contributed by atoms with Crippen LogP contribution in [0.15, 0.2) is 24.3 Å². The van der Waals surface area contributed by atoms with Crippen LogP contribution in [-0.2, 0) is 0 Å². The highest BCUT2D eigenvalue weighted by Gasteiger charge is 2.28. The van der Waals surface area contributed by atoms with E-state index in [1.807, 2.05) is 13.0 Å². The summed E-state index contributed by atoms with van der Waals surface area (Å²) >= 11 is 0. The normalized spacial score (nSPS) is 28.9. The van der Waals surface area contributed by atoms with Crippen molar-refractivity contribution in [2.75, 3.05) is 6.61 Å². The van der Waals surface area contributed by atoms with Gasteiger partial charge in [0, 0.05) is 6.04 Å². The van der Waals surface area contributed by atoms with Crippen molar-refractivity contribution >= 4 is 0 Å². The molecule has 1 saturated carbocycles. The van der Waals surface area contributed by atoms with E-state index < -0.39 is 0 Å². The zero-order chi connectivity index (χ0) is 13.8. The van der Waals surface area contributed by atoms with Gasteiger partial charge >= 0.3 is 0 Å². The largest absolute Gasteiger partial charge is 0.494 e. The van der Waals surface area contributed by atoms with E-state index in [-0.39, 0.29) is 6.04 Å². The molecule has 2 heteroatoms. The van der Waals surface area contributed by atoms with E-state index in [1.165, 1.54) is 24.8 Å². The average molecular weight is 261 g/mol. The Bertz CT molecular complexity index is 394. The highest BCUT2D eigenvalue weighted by atomic mass is 16.5. The molecule has 106 valence electrons. The molecule has 0 aliphatic heterocycles. The summed E-state index contributed by atoms with van der Waals surface area (Å²) < 4.78 is 5.57. The van der Waals surface area contributed by atoms with Crippen LogP contribution >= 0.6 is 0 Å². The Balaban J connectivity index is 2.09. The van der Waals surface area contributed by atoms with Crippen molar-refractivity contribution in [3.63, 3.8) is 0 Å². The Kier molecular flexibility index (Phi) is 4.87. The summed E-state index contributed by atoms with van der Waals surface area (Å²) in [6.07, 6.45) is 3.86. The fraction of sp³-hybridized carbons (Fsp3) is 0.647. The Morgan fingerprint density at radius 1 is 1.21 bits per heavy atom. The van der Waals surface area contributed by atoms with Gasteiger partial charge in [-0.1, -0.05) is 26.0 Å². The summed E-state index contributed by atoms with van der Waals surface area (Å²) in [5, 5.41) is 0. The van der Waals surface area contributed by atoms with Crippen LogP contribution in [0.3, 0.4) is 0 Å². The molecular weight excluding hydrogens is 234 g/mol. The fourth-order valence-corrected chi connectivity index (χ4v) is 3.55. The second-order valence-electron chi connectivity index (χ2n) is 6.21. The van der Waals surface area contributed by atoms with Crippen LogP contribution in [0.5, 0.6) is 5.75 Å². The molecule has 1 aliphatic rings. The molecule has 1 aromatic carbocycles. The van der Waals surface area contributed by atoms with Crippen molar-refractivity contribution in [2.45, 2.75) is 46.1 Å². The lowest BCUT2D eigenvalue weighted by Crippen LogP contribution is -2.29. The van der Waals surface area contributed by atoms with Crippen LogP contribution < -0.4 is 10.5 Å². The fourth-order valence-electron chi connectivity index (χ4n) is 3.55. The maximum atomic E-state index is 6.50. The minimum absolute atomic E-state index is 0.144. The molecule has 0 spiro atoms. The molecule has 1 aromatic rings. The van der Waals surface area contributed by atoms with E-state index in [0.717, 1.165) is 17.6 Å². The summed E-state index contributed by atoms with van der Waals surface area (Å²) in [5.41, 5.74) is 7.72. The molecule has 0 aromatic heterocycles. The molecule has 3 unspecified atom stereocenters.